The van der Waals surface area contributed by atoms with Crippen molar-refractivity contribution in [3.8, 4) is 5.75 Å². The minimum Gasteiger partial charge on any atom is -0.460 e. The van der Waals surface area contributed by atoms with Crippen LogP contribution in [0.3, 0.4) is 0 Å². The number of hydrogen-bond donors (Lipinski definition) is 0. The van der Waals surface area contributed by atoms with E-state index in [4.69, 9.17) is 21.1 Å². The Kier molecular flexibility index (Phi) is 3.15. The molecule has 0 radical (unpaired) electrons. The molecule has 2 aliphatic rings. The van der Waals surface area contributed by atoms with Gasteiger partial charge >= 0.3 is 0 Å². The van der Waals surface area contributed by atoms with Crippen LogP contribution in [0.2, 0.25) is 5.02 Å². The second-order valence-electron chi connectivity index (χ2n) is 5.20. The maximum atomic E-state index is 12.7. The Morgan fingerprint density at radius 2 is 2.00 bits per heavy atom. The zero-order chi connectivity index (χ0) is 15.3. The number of fused-ring (bicyclic) bond motifs is 2. The Morgan fingerprint density at radius 3 is 2.77 bits per heavy atom. The van der Waals surface area contributed by atoms with Crippen LogP contribution in [0.15, 0.2) is 53.0 Å². The molecule has 22 heavy (non-hydrogen) atoms. The quantitative estimate of drug-likeness (QED) is 0.724. The second-order valence-corrected chi connectivity index (χ2v) is 6.46. The van der Waals surface area contributed by atoms with Crippen LogP contribution in [0.25, 0.3) is 6.08 Å². The standard InChI is InChI=1S/C17H10BrClO3/c18-12-9-14-11(8-13(12)19)15(20)17(16(21-14)22-17)7-6-10-4-2-1-3-5-10/h1-9,16H/b7-6+. The number of benzene rings is 2. The molecule has 2 unspecified atom stereocenters. The summed E-state index contributed by atoms with van der Waals surface area (Å²) in [5.41, 5.74) is 0.415. The third kappa shape index (κ3) is 2.10. The largest absolute Gasteiger partial charge is 0.460 e. The topological polar surface area (TPSA) is 38.8 Å². The lowest BCUT2D eigenvalue weighted by molar-refractivity contribution is 0.0902. The first-order valence-electron chi connectivity index (χ1n) is 6.73. The van der Waals surface area contributed by atoms with E-state index in [-0.39, 0.29) is 5.78 Å². The molecular formula is C17H10BrClO3. The van der Waals surface area contributed by atoms with Gasteiger partial charge in [0.15, 0.2) is 0 Å². The Balaban J connectivity index is 1.70. The molecule has 2 aromatic carbocycles. The predicted octanol–water partition coefficient (Wildman–Crippen LogP) is 4.49. The predicted molar refractivity (Wildman–Crippen MR) is 87.2 cm³/mol. The van der Waals surface area contributed by atoms with Crippen molar-refractivity contribution in [3.63, 3.8) is 0 Å². The van der Waals surface area contributed by atoms with E-state index >= 15 is 0 Å². The number of epoxide rings is 1. The molecule has 0 saturated carbocycles. The molecule has 2 aromatic rings. The van der Waals surface area contributed by atoms with Crippen LogP contribution < -0.4 is 4.74 Å². The minimum atomic E-state index is -1.03. The Morgan fingerprint density at radius 1 is 1.23 bits per heavy atom. The highest BCUT2D eigenvalue weighted by Crippen LogP contribution is 2.49. The van der Waals surface area contributed by atoms with E-state index in [1.165, 1.54) is 0 Å². The Labute approximate surface area is 140 Å². The molecule has 0 N–H and O–H groups in total. The third-order valence-corrected chi connectivity index (χ3v) is 4.97. The van der Waals surface area contributed by atoms with Crippen molar-refractivity contribution in [1.82, 2.24) is 0 Å². The summed E-state index contributed by atoms with van der Waals surface area (Å²) in [6, 6.07) is 13.0. The van der Waals surface area contributed by atoms with Crippen LogP contribution in [0.4, 0.5) is 0 Å². The number of rotatable bonds is 2. The first kappa shape index (κ1) is 14.0. The zero-order valence-corrected chi connectivity index (χ0v) is 13.6. The third-order valence-electron chi connectivity index (χ3n) is 3.77. The molecule has 2 atom stereocenters. The first-order valence-corrected chi connectivity index (χ1v) is 7.90. The number of carbonyl (C=O) groups is 1. The average Bonchev–Trinajstić information content (AvgIpc) is 3.24. The summed E-state index contributed by atoms with van der Waals surface area (Å²) in [5.74, 6) is 0.368. The van der Waals surface area contributed by atoms with Gasteiger partial charge in [-0.3, -0.25) is 4.79 Å². The second kappa shape index (κ2) is 4.95. The van der Waals surface area contributed by atoms with Crippen molar-refractivity contribution in [2.75, 3.05) is 0 Å². The molecule has 0 amide bonds. The van der Waals surface area contributed by atoms with Gasteiger partial charge in [-0.1, -0.05) is 48.0 Å². The molecule has 0 aliphatic carbocycles. The normalized spacial score (nSPS) is 25.5. The SMILES string of the molecule is O=C1c2cc(Cl)c(Br)cc2OC2OC12/C=C/c1ccccc1. The van der Waals surface area contributed by atoms with Crippen LogP contribution in [0.5, 0.6) is 5.75 Å². The van der Waals surface area contributed by atoms with Gasteiger partial charge in [-0.2, -0.15) is 0 Å². The molecule has 110 valence electrons. The fraction of sp³-hybridized carbons (Fsp3) is 0.118. The van der Waals surface area contributed by atoms with Crippen molar-refractivity contribution in [1.29, 1.82) is 0 Å². The number of hydrogen-bond acceptors (Lipinski definition) is 3. The fourth-order valence-corrected chi connectivity index (χ4v) is 3.01. The molecule has 4 rings (SSSR count). The molecule has 5 heteroatoms. The van der Waals surface area contributed by atoms with Crippen molar-refractivity contribution in [2.24, 2.45) is 0 Å². The Hall–Kier alpha value is -1.62. The number of ketones is 1. The minimum absolute atomic E-state index is 0.125. The molecule has 1 saturated heterocycles. The van der Waals surface area contributed by atoms with E-state index in [1.807, 2.05) is 36.4 Å². The van der Waals surface area contributed by atoms with Gasteiger partial charge in [-0.05, 0) is 39.7 Å². The van der Waals surface area contributed by atoms with Crippen molar-refractivity contribution in [3.05, 3.63) is 69.2 Å². The van der Waals surface area contributed by atoms with Crippen LogP contribution in [-0.2, 0) is 4.74 Å². The molecule has 0 bridgehead atoms. The highest BCUT2D eigenvalue weighted by molar-refractivity contribution is 9.10. The van der Waals surface area contributed by atoms with E-state index in [0.29, 0.717) is 20.8 Å². The van der Waals surface area contributed by atoms with Crippen molar-refractivity contribution in [2.45, 2.75) is 11.9 Å². The summed E-state index contributed by atoms with van der Waals surface area (Å²) in [4.78, 5) is 12.7. The molecule has 0 aromatic heterocycles. The van der Waals surface area contributed by atoms with Crippen LogP contribution in [0.1, 0.15) is 15.9 Å². The number of ether oxygens (including phenoxy) is 2. The molecule has 3 nitrogen and oxygen atoms in total. The molecule has 1 fully saturated rings. The smallest absolute Gasteiger partial charge is 0.242 e. The number of halogens is 2. The lowest BCUT2D eigenvalue weighted by Gasteiger charge is -2.18. The van der Waals surface area contributed by atoms with Gasteiger partial charge in [0.2, 0.25) is 17.7 Å². The zero-order valence-electron chi connectivity index (χ0n) is 11.3. The van der Waals surface area contributed by atoms with Crippen molar-refractivity contribution < 1.29 is 14.3 Å². The summed E-state index contributed by atoms with van der Waals surface area (Å²) < 4.78 is 12.0. The lowest BCUT2D eigenvalue weighted by atomic mass is 9.93. The molecular weight excluding hydrogens is 368 g/mol. The molecule has 2 aliphatic heterocycles. The van der Waals surface area contributed by atoms with Crippen LogP contribution in [-0.4, -0.2) is 17.7 Å². The van der Waals surface area contributed by atoms with E-state index in [0.717, 1.165) is 5.56 Å². The summed E-state index contributed by atoms with van der Waals surface area (Å²) in [6.07, 6.45) is 3.06. The summed E-state index contributed by atoms with van der Waals surface area (Å²) in [6.45, 7) is 0. The van der Waals surface area contributed by atoms with Gasteiger partial charge < -0.3 is 9.47 Å². The van der Waals surface area contributed by atoms with Crippen LogP contribution in [0, 0.1) is 0 Å². The number of carbonyl (C=O) groups excluding carboxylic acids is 1. The highest BCUT2D eigenvalue weighted by atomic mass is 79.9. The van der Waals surface area contributed by atoms with Gasteiger partial charge in [0, 0.05) is 4.47 Å². The van der Waals surface area contributed by atoms with Gasteiger partial charge in [-0.15, -0.1) is 0 Å². The molecule has 2 heterocycles. The van der Waals surface area contributed by atoms with E-state index in [1.54, 1.807) is 18.2 Å². The maximum absolute atomic E-state index is 12.7. The van der Waals surface area contributed by atoms with Crippen LogP contribution >= 0.6 is 27.5 Å². The Bertz CT molecular complexity index is 803. The summed E-state index contributed by atoms with van der Waals surface area (Å²) >= 11 is 9.40. The lowest BCUT2D eigenvalue weighted by Crippen LogP contribution is -2.32. The van der Waals surface area contributed by atoms with E-state index < -0.39 is 11.9 Å². The maximum Gasteiger partial charge on any atom is 0.242 e. The highest BCUT2D eigenvalue weighted by Gasteiger charge is 2.66. The van der Waals surface area contributed by atoms with Gasteiger partial charge in [0.05, 0.1) is 10.6 Å². The number of Topliss-reactive ketones (excluding diaryl/α,β-unsaturated/α-hetero) is 1. The first-order chi connectivity index (χ1) is 10.6. The molecule has 0 spiro atoms. The fourth-order valence-electron chi connectivity index (χ4n) is 2.52. The van der Waals surface area contributed by atoms with Gasteiger partial charge in [-0.25, -0.2) is 0 Å². The summed E-state index contributed by atoms with van der Waals surface area (Å²) in [5, 5.41) is 0.469. The van der Waals surface area contributed by atoms with Gasteiger partial charge in [0.1, 0.15) is 5.75 Å². The van der Waals surface area contributed by atoms with Crippen molar-refractivity contribution >= 4 is 39.4 Å². The van der Waals surface area contributed by atoms with E-state index in [2.05, 4.69) is 15.9 Å². The summed E-state index contributed by atoms with van der Waals surface area (Å²) in [7, 11) is 0. The monoisotopic (exact) mass is 376 g/mol. The van der Waals surface area contributed by atoms with Gasteiger partial charge in [0.25, 0.3) is 0 Å². The average molecular weight is 378 g/mol. The van der Waals surface area contributed by atoms with E-state index in [9.17, 15) is 4.79 Å².